The smallest absolute Gasteiger partial charge is 0.336 e. The zero-order valence-corrected chi connectivity index (χ0v) is 13.5. The molecule has 1 aliphatic heterocycles. The lowest BCUT2D eigenvalue weighted by Gasteiger charge is -2.38. The van der Waals surface area contributed by atoms with E-state index in [-0.39, 0.29) is 24.6 Å². The van der Waals surface area contributed by atoms with Crippen molar-refractivity contribution in [2.75, 3.05) is 6.61 Å². The molecular formula is C18H21NO4. The lowest BCUT2D eigenvalue weighted by atomic mass is 9.97. The van der Waals surface area contributed by atoms with Crippen LogP contribution in [0.3, 0.4) is 0 Å². The van der Waals surface area contributed by atoms with Gasteiger partial charge in [-0.15, -0.1) is 0 Å². The molecule has 2 aromatic rings. The number of carbonyl (C=O) groups is 1. The van der Waals surface area contributed by atoms with Gasteiger partial charge in [0.2, 0.25) is 0 Å². The second-order valence-corrected chi connectivity index (χ2v) is 6.17. The molecule has 5 nitrogen and oxygen atoms in total. The van der Waals surface area contributed by atoms with Crippen molar-refractivity contribution in [3.63, 3.8) is 0 Å². The van der Waals surface area contributed by atoms with Crippen LogP contribution in [0, 0.1) is 0 Å². The Kier molecular flexibility index (Phi) is 4.37. The summed E-state index contributed by atoms with van der Waals surface area (Å²) in [5.74, 6) is 0.525. The summed E-state index contributed by atoms with van der Waals surface area (Å²) in [4.78, 5) is 25.6. The molecule has 0 aliphatic carbocycles. The molecule has 2 atom stereocenters. The zero-order valence-electron chi connectivity index (χ0n) is 13.5. The third-order valence-electron chi connectivity index (χ3n) is 4.44. The van der Waals surface area contributed by atoms with Crippen LogP contribution in [0.1, 0.15) is 33.1 Å². The van der Waals surface area contributed by atoms with Gasteiger partial charge in [-0.3, -0.25) is 4.79 Å². The number of hydrogen-bond acceptors (Lipinski definition) is 4. The molecule has 122 valence electrons. The van der Waals surface area contributed by atoms with Crippen molar-refractivity contribution < 1.29 is 13.9 Å². The maximum absolute atomic E-state index is 12.4. The number of amides is 1. The molecule has 1 saturated heterocycles. The summed E-state index contributed by atoms with van der Waals surface area (Å²) in [6.45, 7) is 4.16. The number of ether oxygens (including phenoxy) is 1. The molecule has 0 spiro atoms. The highest BCUT2D eigenvalue weighted by Gasteiger charge is 2.28. The number of hydrogen-bond donors (Lipinski definition) is 0. The van der Waals surface area contributed by atoms with Gasteiger partial charge in [-0.2, -0.15) is 0 Å². The van der Waals surface area contributed by atoms with Gasteiger partial charge >= 0.3 is 5.63 Å². The fourth-order valence-corrected chi connectivity index (χ4v) is 3.26. The average Bonchev–Trinajstić information content (AvgIpc) is 2.52. The molecule has 1 aliphatic rings. The molecule has 0 unspecified atom stereocenters. The molecule has 0 saturated carbocycles. The lowest BCUT2D eigenvalue weighted by molar-refractivity contribution is -0.139. The van der Waals surface area contributed by atoms with E-state index in [4.69, 9.17) is 9.15 Å². The number of rotatable bonds is 3. The van der Waals surface area contributed by atoms with Crippen molar-refractivity contribution in [3.8, 4) is 5.75 Å². The maximum atomic E-state index is 12.4. The molecule has 0 bridgehead atoms. The predicted molar refractivity (Wildman–Crippen MR) is 87.6 cm³/mol. The second-order valence-electron chi connectivity index (χ2n) is 6.17. The fourth-order valence-electron chi connectivity index (χ4n) is 3.26. The topological polar surface area (TPSA) is 59.8 Å². The standard InChI is InChI=1S/C18H21NO4/c1-12-4-3-5-13(2)19(12)17(20)11-22-15-8-6-14-7-9-18(21)23-16(14)10-15/h6-10,12-13H,3-5,11H2,1-2H3/t12-,13+. The van der Waals surface area contributed by atoms with Crippen molar-refractivity contribution in [1.29, 1.82) is 0 Å². The Morgan fingerprint density at radius 1 is 1.22 bits per heavy atom. The van der Waals surface area contributed by atoms with Crippen LogP contribution >= 0.6 is 0 Å². The van der Waals surface area contributed by atoms with Crippen LogP contribution in [-0.2, 0) is 4.79 Å². The van der Waals surface area contributed by atoms with Crippen molar-refractivity contribution in [2.45, 2.75) is 45.2 Å². The molecule has 0 N–H and O–H groups in total. The van der Waals surface area contributed by atoms with E-state index in [1.807, 2.05) is 11.0 Å². The van der Waals surface area contributed by atoms with Gasteiger partial charge in [0, 0.05) is 29.6 Å². The van der Waals surface area contributed by atoms with Gasteiger partial charge in [-0.1, -0.05) is 0 Å². The minimum Gasteiger partial charge on any atom is -0.484 e. The monoisotopic (exact) mass is 315 g/mol. The number of benzene rings is 1. The zero-order chi connectivity index (χ0) is 16.4. The molecule has 0 radical (unpaired) electrons. The molecule has 3 rings (SSSR count). The normalized spacial score (nSPS) is 21.4. The molecule has 1 aromatic carbocycles. The maximum Gasteiger partial charge on any atom is 0.336 e. The summed E-state index contributed by atoms with van der Waals surface area (Å²) in [6.07, 6.45) is 3.24. The predicted octanol–water partition coefficient (Wildman–Crippen LogP) is 2.96. The number of likely N-dealkylation sites (tertiary alicyclic amines) is 1. The van der Waals surface area contributed by atoms with Crippen molar-refractivity contribution in [1.82, 2.24) is 4.90 Å². The third-order valence-corrected chi connectivity index (χ3v) is 4.44. The SMILES string of the molecule is C[C@@H]1CCC[C@H](C)N1C(=O)COc1ccc2ccc(=O)oc2c1. The third kappa shape index (κ3) is 3.38. The highest BCUT2D eigenvalue weighted by molar-refractivity contribution is 5.80. The molecular weight excluding hydrogens is 294 g/mol. The van der Waals surface area contributed by atoms with Crippen LogP contribution < -0.4 is 10.4 Å². The van der Waals surface area contributed by atoms with E-state index in [9.17, 15) is 9.59 Å². The number of carbonyl (C=O) groups excluding carboxylic acids is 1. The largest absolute Gasteiger partial charge is 0.484 e. The van der Waals surface area contributed by atoms with E-state index in [1.54, 1.807) is 18.2 Å². The Morgan fingerprint density at radius 3 is 2.65 bits per heavy atom. The Balaban J connectivity index is 1.70. The Labute approximate surface area is 134 Å². The van der Waals surface area contributed by atoms with Crippen molar-refractivity contribution >= 4 is 16.9 Å². The average molecular weight is 315 g/mol. The van der Waals surface area contributed by atoms with Gasteiger partial charge in [0.15, 0.2) is 6.61 Å². The van der Waals surface area contributed by atoms with Crippen molar-refractivity contribution in [3.05, 3.63) is 40.8 Å². The number of piperidine rings is 1. The van der Waals surface area contributed by atoms with E-state index in [1.165, 1.54) is 6.07 Å². The quantitative estimate of drug-likeness (QED) is 0.817. The Bertz CT molecular complexity index is 757. The van der Waals surface area contributed by atoms with E-state index in [0.29, 0.717) is 11.3 Å². The first-order valence-corrected chi connectivity index (χ1v) is 8.02. The summed E-state index contributed by atoms with van der Waals surface area (Å²) in [6, 6.07) is 8.82. The highest BCUT2D eigenvalue weighted by atomic mass is 16.5. The summed E-state index contributed by atoms with van der Waals surface area (Å²) in [5, 5.41) is 0.821. The molecule has 1 aromatic heterocycles. The van der Waals surface area contributed by atoms with Crippen LogP contribution in [0.4, 0.5) is 0 Å². The molecule has 2 heterocycles. The van der Waals surface area contributed by atoms with Gasteiger partial charge in [-0.05, 0) is 51.3 Å². The molecule has 5 heteroatoms. The molecule has 23 heavy (non-hydrogen) atoms. The first-order chi connectivity index (χ1) is 11.0. The van der Waals surface area contributed by atoms with Gasteiger partial charge < -0.3 is 14.1 Å². The summed E-state index contributed by atoms with van der Waals surface area (Å²) >= 11 is 0. The van der Waals surface area contributed by atoms with Crippen LogP contribution in [0.2, 0.25) is 0 Å². The summed E-state index contributed by atoms with van der Waals surface area (Å²) in [7, 11) is 0. The van der Waals surface area contributed by atoms with Crippen LogP contribution in [-0.4, -0.2) is 29.5 Å². The van der Waals surface area contributed by atoms with Gasteiger partial charge in [-0.25, -0.2) is 4.79 Å². The summed E-state index contributed by atoms with van der Waals surface area (Å²) < 4.78 is 10.7. The van der Waals surface area contributed by atoms with Gasteiger partial charge in [0.25, 0.3) is 5.91 Å². The van der Waals surface area contributed by atoms with E-state index in [2.05, 4.69) is 13.8 Å². The second kappa shape index (κ2) is 6.44. The van der Waals surface area contributed by atoms with Crippen LogP contribution in [0.25, 0.3) is 11.0 Å². The number of fused-ring (bicyclic) bond motifs is 1. The number of nitrogens with zero attached hydrogens (tertiary/aromatic N) is 1. The van der Waals surface area contributed by atoms with E-state index >= 15 is 0 Å². The van der Waals surface area contributed by atoms with Crippen LogP contribution in [0.5, 0.6) is 5.75 Å². The minimum atomic E-state index is -0.401. The Hall–Kier alpha value is -2.30. The van der Waals surface area contributed by atoms with E-state index in [0.717, 1.165) is 24.6 Å². The first kappa shape index (κ1) is 15.6. The van der Waals surface area contributed by atoms with Gasteiger partial charge in [0.1, 0.15) is 11.3 Å². The highest BCUT2D eigenvalue weighted by Crippen LogP contribution is 2.23. The van der Waals surface area contributed by atoms with E-state index < -0.39 is 5.63 Å². The Morgan fingerprint density at radius 2 is 1.91 bits per heavy atom. The summed E-state index contributed by atoms with van der Waals surface area (Å²) in [5.41, 5.74) is 0.0591. The fraction of sp³-hybridized carbons (Fsp3) is 0.444. The molecule has 1 fully saturated rings. The van der Waals surface area contributed by atoms with Gasteiger partial charge in [0.05, 0.1) is 0 Å². The van der Waals surface area contributed by atoms with Crippen molar-refractivity contribution in [2.24, 2.45) is 0 Å². The first-order valence-electron chi connectivity index (χ1n) is 8.02. The minimum absolute atomic E-state index is 0.000638. The van der Waals surface area contributed by atoms with Crippen LogP contribution in [0.15, 0.2) is 39.5 Å². The molecule has 1 amide bonds. The lowest BCUT2D eigenvalue weighted by Crippen LogP contribution is -2.49.